The van der Waals surface area contributed by atoms with Gasteiger partial charge in [-0.2, -0.15) is 0 Å². The maximum atomic E-state index is 11.2. The van der Waals surface area contributed by atoms with Crippen molar-refractivity contribution in [1.29, 1.82) is 0 Å². The lowest BCUT2D eigenvalue weighted by atomic mass is 10.1. The van der Waals surface area contributed by atoms with Crippen molar-refractivity contribution in [3.63, 3.8) is 0 Å². The van der Waals surface area contributed by atoms with Crippen molar-refractivity contribution >= 4 is 17.7 Å². The Kier molecular flexibility index (Phi) is 3.73. The van der Waals surface area contributed by atoms with Crippen LogP contribution in [0.3, 0.4) is 0 Å². The second-order valence-electron chi connectivity index (χ2n) is 2.66. The van der Waals surface area contributed by atoms with Crippen molar-refractivity contribution < 1.29 is 14.6 Å². The first-order valence-electron chi connectivity index (χ1n) is 3.92. The number of hydrogen-bond donors (Lipinski definition) is 2. The number of hydrogen-bond acceptors (Lipinski definition) is 4. The zero-order chi connectivity index (χ0) is 10.6. The Morgan fingerprint density at radius 2 is 2.07 bits per heavy atom. The Balaban J connectivity index is 2.89. The first-order chi connectivity index (χ1) is 6.69. The van der Waals surface area contributed by atoms with Crippen molar-refractivity contribution in [2.75, 3.05) is 7.11 Å². The third-order valence-electron chi connectivity index (χ3n) is 1.77. The van der Waals surface area contributed by atoms with Gasteiger partial charge in [-0.15, -0.1) is 0 Å². The topological polar surface area (TPSA) is 58.6 Å². The number of rotatable bonds is 3. The SMILES string of the molecule is COC(=O)[C@@H](NCl)c1ccc(O)cc1. The van der Waals surface area contributed by atoms with Crippen LogP contribution in [0.25, 0.3) is 0 Å². The number of carbonyl (C=O) groups excluding carboxylic acids is 1. The number of phenolic OH excluding ortho intramolecular Hbond substituents is 1. The molecule has 1 aromatic carbocycles. The van der Waals surface area contributed by atoms with Gasteiger partial charge in [0, 0.05) is 0 Å². The molecular weight excluding hydrogens is 206 g/mol. The van der Waals surface area contributed by atoms with Crippen LogP contribution in [0.4, 0.5) is 0 Å². The molecule has 0 fully saturated rings. The van der Waals surface area contributed by atoms with Gasteiger partial charge in [-0.3, -0.25) is 0 Å². The molecule has 4 nitrogen and oxygen atoms in total. The summed E-state index contributed by atoms with van der Waals surface area (Å²) in [5.41, 5.74) is 0.629. The molecule has 0 spiro atoms. The van der Waals surface area contributed by atoms with Gasteiger partial charge in [-0.25, -0.2) is 9.63 Å². The first-order valence-corrected chi connectivity index (χ1v) is 4.29. The van der Waals surface area contributed by atoms with Gasteiger partial charge in [-0.1, -0.05) is 12.1 Å². The summed E-state index contributed by atoms with van der Waals surface area (Å²) < 4.78 is 4.54. The van der Waals surface area contributed by atoms with Crippen LogP contribution in [-0.2, 0) is 9.53 Å². The molecule has 14 heavy (non-hydrogen) atoms. The monoisotopic (exact) mass is 215 g/mol. The number of nitrogens with one attached hydrogen (secondary N) is 1. The molecule has 0 unspecified atom stereocenters. The van der Waals surface area contributed by atoms with E-state index in [1.807, 2.05) is 0 Å². The third kappa shape index (κ3) is 2.37. The highest BCUT2D eigenvalue weighted by Gasteiger charge is 2.19. The van der Waals surface area contributed by atoms with Crippen molar-refractivity contribution in [3.05, 3.63) is 29.8 Å². The van der Waals surface area contributed by atoms with Crippen molar-refractivity contribution in [1.82, 2.24) is 4.84 Å². The van der Waals surface area contributed by atoms with Gasteiger partial charge in [0.25, 0.3) is 0 Å². The van der Waals surface area contributed by atoms with E-state index in [9.17, 15) is 4.79 Å². The molecule has 0 aliphatic heterocycles. The van der Waals surface area contributed by atoms with Crippen LogP contribution in [0.1, 0.15) is 11.6 Å². The lowest BCUT2D eigenvalue weighted by Gasteiger charge is -2.12. The second kappa shape index (κ2) is 4.83. The summed E-state index contributed by atoms with van der Waals surface area (Å²) in [6.45, 7) is 0. The fourth-order valence-corrected chi connectivity index (χ4v) is 1.24. The van der Waals surface area contributed by atoms with Crippen LogP contribution >= 0.6 is 11.8 Å². The molecule has 0 aliphatic carbocycles. The predicted molar refractivity (Wildman–Crippen MR) is 51.9 cm³/mol. The van der Waals surface area contributed by atoms with Gasteiger partial charge < -0.3 is 9.84 Å². The zero-order valence-corrected chi connectivity index (χ0v) is 8.28. The van der Waals surface area contributed by atoms with E-state index in [1.165, 1.54) is 19.2 Å². The van der Waals surface area contributed by atoms with Crippen molar-refractivity contribution in [3.8, 4) is 5.75 Å². The minimum Gasteiger partial charge on any atom is -0.508 e. The van der Waals surface area contributed by atoms with Crippen LogP contribution in [0.15, 0.2) is 24.3 Å². The number of phenols is 1. The van der Waals surface area contributed by atoms with Gasteiger partial charge in [0.15, 0.2) is 0 Å². The largest absolute Gasteiger partial charge is 0.508 e. The van der Waals surface area contributed by atoms with E-state index < -0.39 is 12.0 Å². The van der Waals surface area contributed by atoms with E-state index in [0.29, 0.717) is 5.56 Å². The number of esters is 1. The number of carbonyl (C=O) groups is 1. The number of methoxy groups -OCH3 is 1. The lowest BCUT2D eigenvalue weighted by molar-refractivity contribution is -0.142. The van der Waals surface area contributed by atoms with E-state index in [4.69, 9.17) is 16.9 Å². The smallest absolute Gasteiger partial charge is 0.328 e. The van der Waals surface area contributed by atoms with Gasteiger partial charge >= 0.3 is 5.97 Å². The van der Waals surface area contributed by atoms with Crippen LogP contribution < -0.4 is 4.84 Å². The summed E-state index contributed by atoms with van der Waals surface area (Å²) in [6.07, 6.45) is 0. The molecule has 0 aromatic heterocycles. The Hall–Kier alpha value is -1.26. The Morgan fingerprint density at radius 3 is 2.50 bits per heavy atom. The summed E-state index contributed by atoms with van der Waals surface area (Å²) in [7, 11) is 1.28. The molecule has 0 heterocycles. The van der Waals surface area contributed by atoms with E-state index in [1.54, 1.807) is 12.1 Å². The van der Waals surface area contributed by atoms with Crippen LogP contribution in [0.5, 0.6) is 5.75 Å². The Labute approximate surface area is 86.6 Å². The molecule has 2 N–H and O–H groups in total. The van der Waals surface area contributed by atoms with E-state index >= 15 is 0 Å². The molecule has 0 radical (unpaired) electrons. The standard InChI is InChI=1S/C9H10ClNO3/c1-14-9(13)8(11-10)6-2-4-7(12)5-3-6/h2-5,8,11-12H,1H3/t8-/m0/s1. The average molecular weight is 216 g/mol. The maximum absolute atomic E-state index is 11.2. The first kappa shape index (κ1) is 10.8. The third-order valence-corrected chi connectivity index (χ3v) is 1.99. The summed E-state index contributed by atoms with van der Waals surface area (Å²) in [5, 5.41) is 9.04. The van der Waals surface area contributed by atoms with Crippen LogP contribution in [-0.4, -0.2) is 18.2 Å². The summed E-state index contributed by atoms with van der Waals surface area (Å²) >= 11 is 5.40. The normalized spacial score (nSPS) is 12.1. The summed E-state index contributed by atoms with van der Waals surface area (Å²) in [6, 6.07) is 5.40. The Morgan fingerprint density at radius 1 is 1.50 bits per heavy atom. The highest BCUT2D eigenvalue weighted by atomic mass is 35.5. The molecule has 0 bridgehead atoms. The number of aromatic hydroxyl groups is 1. The van der Waals surface area contributed by atoms with E-state index in [0.717, 1.165) is 0 Å². The molecule has 0 saturated carbocycles. The predicted octanol–water partition coefficient (Wildman–Crippen LogP) is 1.35. The summed E-state index contributed by atoms with van der Waals surface area (Å²) in [5.74, 6) is -0.349. The maximum Gasteiger partial charge on any atom is 0.328 e. The van der Waals surface area contributed by atoms with Gasteiger partial charge in [0.1, 0.15) is 11.8 Å². The average Bonchev–Trinajstić information content (AvgIpc) is 2.21. The highest BCUT2D eigenvalue weighted by molar-refractivity contribution is 6.14. The molecule has 1 rings (SSSR count). The fourth-order valence-electron chi connectivity index (χ4n) is 1.03. The summed E-state index contributed by atoms with van der Waals surface area (Å²) in [4.78, 5) is 13.5. The van der Waals surface area contributed by atoms with E-state index in [-0.39, 0.29) is 5.75 Å². The molecule has 1 aromatic rings. The minimum atomic E-state index is -0.720. The number of ether oxygens (including phenoxy) is 1. The minimum absolute atomic E-state index is 0.131. The molecule has 5 heteroatoms. The number of halogens is 1. The van der Waals surface area contributed by atoms with Gasteiger partial charge in [-0.05, 0) is 29.5 Å². The van der Waals surface area contributed by atoms with E-state index in [2.05, 4.69) is 9.57 Å². The highest BCUT2D eigenvalue weighted by Crippen LogP contribution is 2.18. The van der Waals surface area contributed by atoms with Crippen molar-refractivity contribution in [2.45, 2.75) is 6.04 Å². The molecule has 0 saturated heterocycles. The molecule has 1 atom stereocenters. The fraction of sp³-hybridized carbons (Fsp3) is 0.222. The van der Waals surface area contributed by atoms with Crippen molar-refractivity contribution in [2.24, 2.45) is 0 Å². The molecular formula is C9H10ClNO3. The quantitative estimate of drug-likeness (QED) is 0.590. The zero-order valence-electron chi connectivity index (χ0n) is 7.53. The van der Waals surface area contributed by atoms with Crippen LogP contribution in [0.2, 0.25) is 0 Å². The molecule has 0 amide bonds. The molecule has 0 aliphatic rings. The van der Waals surface area contributed by atoms with Crippen LogP contribution in [0, 0.1) is 0 Å². The van der Waals surface area contributed by atoms with Gasteiger partial charge in [0.05, 0.1) is 7.11 Å². The molecule has 76 valence electrons. The Bertz CT molecular complexity index is 312. The lowest BCUT2D eigenvalue weighted by Crippen LogP contribution is -2.22. The van der Waals surface area contributed by atoms with Gasteiger partial charge in [0.2, 0.25) is 0 Å². The second-order valence-corrected chi connectivity index (χ2v) is 2.88. The number of benzene rings is 1.